The van der Waals surface area contributed by atoms with Gasteiger partial charge in [0.05, 0.1) is 43.4 Å². The van der Waals surface area contributed by atoms with E-state index in [0.717, 1.165) is 6.07 Å². The molecule has 8 nitrogen and oxygen atoms in total. The van der Waals surface area contributed by atoms with Crippen molar-refractivity contribution in [3.05, 3.63) is 58.8 Å². The molecular formula is C19H17ClF3N5O3. The van der Waals surface area contributed by atoms with Crippen LogP contribution in [0.15, 0.2) is 36.5 Å². The molecule has 164 valence electrons. The number of hydrogen-bond acceptors (Lipinski definition) is 5. The maximum atomic E-state index is 13.4. The van der Waals surface area contributed by atoms with E-state index in [0.29, 0.717) is 11.6 Å². The molecule has 2 N–H and O–H groups in total. The highest BCUT2D eigenvalue weighted by Gasteiger charge is 2.26. The van der Waals surface area contributed by atoms with E-state index in [9.17, 15) is 18.0 Å². The standard InChI is InChI=1S/C19H17ClF3N5O3/c1-30-15-6-4-11(8-24-15)28(9-14-17(31-2)16(18(22)23)27-26-14)19(29)25-10-3-5-13(21)12(20)7-10/h3-8,18H,9H2,1-2H3,(H,25,29)(H,26,27). The lowest BCUT2D eigenvalue weighted by Crippen LogP contribution is -2.35. The maximum Gasteiger partial charge on any atom is 0.326 e. The van der Waals surface area contributed by atoms with Gasteiger partial charge in [0.1, 0.15) is 5.82 Å². The second-order valence-corrected chi connectivity index (χ2v) is 6.53. The summed E-state index contributed by atoms with van der Waals surface area (Å²) in [6.07, 6.45) is -1.50. The zero-order valence-corrected chi connectivity index (χ0v) is 17.1. The van der Waals surface area contributed by atoms with E-state index >= 15 is 0 Å². The van der Waals surface area contributed by atoms with Crippen LogP contribution in [0.5, 0.6) is 11.6 Å². The summed E-state index contributed by atoms with van der Waals surface area (Å²) in [5.41, 5.74) is 0.117. The molecule has 2 amide bonds. The van der Waals surface area contributed by atoms with Crippen LogP contribution in [0.4, 0.5) is 29.3 Å². The molecule has 0 aliphatic carbocycles. The second kappa shape index (κ2) is 9.56. The number of pyridine rings is 1. The van der Waals surface area contributed by atoms with Crippen LogP contribution < -0.4 is 19.7 Å². The smallest absolute Gasteiger partial charge is 0.326 e. The van der Waals surface area contributed by atoms with Crippen molar-refractivity contribution in [3.8, 4) is 11.6 Å². The van der Waals surface area contributed by atoms with Gasteiger partial charge in [-0.3, -0.25) is 10.00 Å². The molecule has 1 aromatic carbocycles. The molecule has 0 fully saturated rings. The van der Waals surface area contributed by atoms with Crippen molar-refractivity contribution < 1.29 is 27.4 Å². The number of nitrogens with one attached hydrogen (secondary N) is 2. The van der Waals surface area contributed by atoms with Crippen molar-refractivity contribution in [1.29, 1.82) is 0 Å². The minimum atomic E-state index is -2.87. The van der Waals surface area contributed by atoms with Crippen molar-refractivity contribution >= 4 is 29.0 Å². The van der Waals surface area contributed by atoms with Crippen LogP contribution in [0, 0.1) is 5.82 Å². The van der Waals surface area contributed by atoms with Crippen LogP contribution >= 0.6 is 11.6 Å². The number of aromatic nitrogens is 3. The molecule has 2 aromatic heterocycles. The first-order valence-corrected chi connectivity index (χ1v) is 9.14. The first kappa shape index (κ1) is 22.2. The van der Waals surface area contributed by atoms with E-state index < -0.39 is 24.0 Å². The molecule has 2 heterocycles. The van der Waals surface area contributed by atoms with Crippen LogP contribution in [-0.2, 0) is 6.54 Å². The summed E-state index contributed by atoms with van der Waals surface area (Å²) < 4.78 is 49.8. The molecule has 0 saturated carbocycles. The summed E-state index contributed by atoms with van der Waals surface area (Å²) in [5, 5.41) is 8.45. The Kier molecular flexibility index (Phi) is 6.85. The van der Waals surface area contributed by atoms with Gasteiger partial charge in [-0.2, -0.15) is 5.10 Å². The van der Waals surface area contributed by atoms with Gasteiger partial charge >= 0.3 is 6.03 Å². The molecule has 31 heavy (non-hydrogen) atoms. The molecule has 0 unspecified atom stereocenters. The lowest BCUT2D eigenvalue weighted by Gasteiger charge is -2.23. The number of benzene rings is 1. The zero-order chi connectivity index (χ0) is 22.5. The topological polar surface area (TPSA) is 92.4 Å². The Bertz CT molecular complexity index is 1060. The number of methoxy groups -OCH3 is 2. The molecular weight excluding hydrogens is 439 g/mol. The second-order valence-electron chi connectivity index (χ2n) is 6.13. The van der Waals surface area contributed by atoms with Gasteiger partial charge in [0.2, 0.25) is 5.88 Å². The molecule has 0 atom stereocenters. The Morgan fingerprint density at radius 3 is 2.61 bits per heavy atom. The Balaban J connectivity index is 1.94. The highest BCUT2D eigenvalue weighted by Crippen LogP contribution is 2.32. The number of anilines is 2. The number of carbonyl (C=O) groups excluding carboxylic acids is 1. The Hall–Kier alpha value is -3.47. The summed E-state index contributed by atoms with van der Waals surface area (Å²) in [7, 11) is 2.66. The number of urea groups is 1. The van der Waals surface area contributed by atoms with Crippen LogP contribution in [0.1, 0.15) is 17.8 Å². The number of nitrogens with zero attached hydrogens (tertiary/aromatic N) is 3. The minimum Gasteiger partial charge on any atom is -0.493 e. The van der Waals surface area contributed by atoms with Gasteiger partial charge in [0, 0.05) is 11.8 Å². The Morgan fingerprint density at radius 1 is 1.26 bits per heavy atom. The molecule has 0 aliphatic heterocycles. The molecule has 0 radical (unpaired) electrons. The number of hydrogen-bond donors (Lipinski definition) is 2. The largest absolute Gasteiger partial charge is 0.493 e. The van der Waals surface area contributed by atoms with E-state index in [-0.39, 0.29) is 28.7 Å². The molecule has 12 heteroatoms. The number of ether oxygens (including phenoxy) is 2. The third-order valence-corrected chi connectivity index (χ3v) is 4.49. The van der Waals surface area contributed by atoms with E-state index in [1.54, 1.807) is 6.07 Å². The summed E-state index contributed by atoms with van der Waals surface area (Å²) in [6, 6.07) is 6.09. The first-order valence-electron chi connectivity index (χ1n) is 8.77. The van der Waals surface area contributed by atoms with Crippen molar-refractivity contribution in [1.82, 2.24) is 15.2 Å². The molecule has 3 aromatic rings. The van der Waals surface area contributed by atoms with Gasteiger partial charge in [-0.25, -0.2) is 22.9 Å². The van der Waals surface area contributed by atoms with E-state index in [1.807, 2.05) is 0 Å². The maximum absolute atomic E-state index is 13.4. The third-order valence-electron chi connectivity index (χ3n) is 4.20. The van der Waals surface area contributed by atoms with Crippen molar-refractivity contribution in [2.24, 2.45) is 0 Å². The van der Waals surface area contributed by atoms with Crippen LogP contribution in [0.3, 0.4) is 0 Å². The number of rotatable bonds is 7. The number of amides is 2. The lowest BCUT2D eigenvalue weighted by atomic mass is 10.2. The number of aromatic amines is 1. The van der Waals surface area contributed by atoms with E-state index in [1.165, 1.54) is 43.5 Å². The SMILES string of the molecule is COc1ccc(N(Cc2[nH]nc(C(F)F)c2OC)C(=O)Nc2ccc(F)c(Cl)c2)cn1. The summed E-state index contributed by atoms with van der Waals surface area (Å²) >= 11 is 5.76. The fourth-order valence-electron chi connectivity index (χ4n) is 2.72. The monoisotopic (exact) mass is 455 g/mol. The van der Waals surface area contributed by atoms with Gasteiger partial charge in [-0.05, 0) is 24.3 Å². The van der Waals surface area contributed by atoms with Crippen LogP contribution in [-0.4, -0.2) is 35.4 Å². The normalized spacial score (nSPS) is 10.8. The number of alkyl halides is 2. The number of H-pyrrole nitrogens is 1. The lowest BCUT2D eigenvalue weighted by molar-refractivity contribution is 0.142. The molecule has 0 saturated heterocycles. The number of halogens is 4. The summed E-state index contributed by atoms with van der Waals surface area (Å²) in [5.74, 6) is -0.495. The minimum absolute atomic E-state index is 0.140. The van der Waals surface area contributed by atoms with Gasteiger partial charge in [-0.1, -0.05) is 11.6 Å². The van der Waals surface area contributed by atoms with Crippen molar-refractivity contribution in [3.63, 3.8) is 0 Å². The first-order chi connectivity index (χ1) is 14.8. The Labute approximate surface area is 179 Å². The highest BCUT2D eigenvalue weighted by atomic mass is 35.5. The molecule has 0 aliphatic rings. The van der Waals surface area contributed by atoms with Gasteiger partial charge in [0.15, 0.2) is 11.4 Å². The zero-order valence-electron chi connectivity index (χ0n) is 16.3. The predicted octanol–water partition coefficient (Wildman–Crippen LogP) is 4.79. The molecule has 3 rings (SSSR count). The summed E-state index contributed by atoms with van der Waals surface area (Å²) in [4.78, 5) is 18.3. The fraction of sp³-hybridized carbons (Fsp3) is 0.211. The van der Waals surface area contributed by atoms with E-state index in [2.05, 4.69) is 20.5 Å². The van der Waals surface area contributed by atoms with Crippen LogP contribution in [0.25, 0.3) is 0 Å². The highest BCUT2D eigenvalue weighted by molar-refractivity contribution is 6.31. The van der Waals surface area contributed by atoms with Crippen molar-refractivity contribution in [2.45, 2.75) is 13.0 Å². The van der Waals surface area contributed by atoms with Gasteiger partial charge < -0.3 is 14.8 Å². The van der Waals surface area contributed by atoms with Gasteiger partial charge in [0.25, 0.3) is 6.43 Å². The molecule has 0 spiro atoms. The van der Waals surface area contributed by atoms with Crippen LogP contribution in [0.2, 0.25) is 5.02 Å². The van der Waals surface area contributed by atoms with E-state index in [4.69, 9.17) is 21.1 Å². The molecule has 0 bridgehead atoms. The fourth-order valence-corrected chi connectivity index (χ4v) is 2.90. The quantitative estimate of drug-likeness (QED) is 0.534. The predicted molar refractivity (Wildman–Crippen MR) is 107 cm³/mol. The Morgan fingerprint density at radius 2 is 2.03 bits per heavy atom. The summed E-state index contributed by atoms with van der Waals surface area (Å²) in [6.45, 7) is -0.211. The van der Waals surface area contributed by atoms with Crippen molar-refractivity contribution in [2.75, 3.05) is 24.4 Å². The average Bonchev–Trinajstić information content (AvgIpc) is 3.17. The van der Waals surface area contributed by atoms with Gasteiger partial charge in [-0.15, -0.1) is 0 Å². The number of carbonyl (C=O) groups is 1. The third kappa shape index (κ3) is 5.00. The average molecular weight is 456 g/mol.